The number of carbonyl (C=O) groups excluding carboxylic acids is 1. The minimum absolute atomic E-state index is 0.0686. The topological polar surface area (TPSA) is 41.1 Å². The van der Waals surface area contributed by atoms with Crippen molar-refractivity contribution in [3.05, 3.63) is 35.4 Å². The molecular weight excluding hydrogens is 236 g/mol. The van der Waals surface area contributed by atoms with Gasteiger partial charge in [-0.3, -0.25) is 4.79 Å². The van der Waals surface area contributed by atoms with Crippen molar-refractivity contribution < 1.29 is 4.79 Å². The summed E-state index contributed by atoms with van der Waals surface area (Å²) >= 11 is 0. The maximum Gasteiger partial charge on any atom is 0.234 e. The van der Waals surface area contributed by atoms with Crippen LogP contribution < -0.4 is 10.6 Å². The maximum absolute atomic E-state index is 11.9. The van der Waals surface area contributed by atoms with Gasteiger partial charge in [0.1, 0.15) is 0 Å². The zero-order valence-electron chi connectivity index (χ0n) is 11.9. The number of carbonyl (C=O) groups is 1. The van der Waals surface area contributed by atoms with Gasteiger partial charge in [0.15, 0.2) is 0 Å². The molecular formula is C16H24N2O. The van der Waals surface area contributed by atoms with Crippen molar-refractivity contribution >= 4 is 5.91 Å². The predicted molar refractivity (Wildman–Crippen MR) is 78.0 cm³/mol. The van der Waals surface area contributed by atoms with Crippen molar-refractivity contribution in [3.63, 3.8) is 0 Å². The van der Waals surface area contributed by atoms with E-state index in [1.807, 2.05) is 19.1 Å². The molecule has 0 heterocycles. The van der Waals surface area contributed by atoms with Crippen LogP contribution in [0.15, 0.2) is 24.3 Å². The number of hydrogen-bond donors (Lipinski definition) is 2. The fraction of sp³-hybridized carbons (Fsp3) is 0.562. The Morgan fingerprint density at radius 2 is 2.00 bits per heavy atom. The summed E-state index contributed by atoms with van der Waals surface area (Å²) in [5.74, 6) is 0.0858. The summed E-state index contributed by atoms with van der Waals surface area (Å²) < 4.78 is 0. The first-order valence-electron chi connectivity index (χ1n) is 7.25. The van der Waals surface area contributed by atoms with Crippen LogP contribution in [0.25, 0.3) is 0 Å². The van der Waals surface area contributed by atoms with Crippen molar-refractivity contribution in [2.75, 3.05) is 6.54 Å². The summed E-state index contributed by atoms with van der Waals surface area (Å²) in [6, 6.07) is 8.80. The maximum atomic E-state index is 11.9. The van der Waals surface area contributed by atoms with Gasteiger partial charge in [-0.15, -0.1) is 0 Å². The number of hydrogen-bond acceptors (Lipinski definition) is 2. The number of benzene rings is 1. The molecule has 2 N–H and O–H groups in total. The Kier molecular flexibility index (Phi) is 4.97. The van der Waals surface area contributed by atoms with Crippen LogP contribution in [-0.2, 0) is 4.79 Å². The lowest BCUT2D eigenvalue weighted by atomic mass is 10.0. The molecule has 0 saturated heterocycles. The predicted octanol–water partition coefficient (Wildman–Crippen LogP) is 2.70. The minimum atomic E-state index is 0.0686. The van der Waals surface area contributed by atoms with E-state index < -0.39 is 0 Å². The second-order valence-corrected chi connectivity index (χ2v) is 5.51. The molecule has 2 rings (SSSR count). The summed E-state index contributed by atoms with van der Waals surface area (Å²) in [7, 11) is 0. The molecule has 1 aliphatic carbocycles. The fourth-order valence-corrected chi connectivity index (χ4v) is 2.81. The zero-order chi connectivity index (χ0) is 13.7. The van der Waals surface area contributed by atoms with Gasteiger partial charge in [-0.25, -0.2) is 0 Å². The molecule has 0 aliphatic heterocycles. The molecule has 19 heavy (non-hydrogen) atoms. The van der Waals surface area contributed by atoms with Crippen molar-refractivity contribution in [1.82, 2.24) is 10.6 Å². The van der Waals surface area contributed by atoms with Crippen molar-refractivity contribution in [2.24, 2.45) is 0 Å². The Hall–Kier alpha value is -1.35. The zero-order valence-corrected chi connectivity index (χ0v) is 11.9. The van der Waals surface area contributed by atoms with Gasteiger partial charge in [-0.2, -0.15) is 0 Å². The van der Waals surface area contributed by atoms with Crippen LogP contribution in [0, 0.1) is 6.92 Å². The Morgan fingerprint density at radius 1 is 1.32 bits per heavy atom. The molecule has 0 bridgehead atoms. The van der Waals surface area contributed by atoms with Crippen LogP contribution >= 0.6 is 0 Å². The Bertz CT molecular complexity index is 425. The molecule has 1 aliphatic rings. The molecule has 3 heteroatoms. The smallest absolute Gasteiger partial charge is 0.234 e. The van der Waals surface area contributed by atoms with E-state index in [1.54, 1.807) is 0 Å². The van der Waals surface area contributed by atoms with E-state index in [1.165, 1.54) is 36.8 Å². The molecule has 1 aromatic carbocycles. The lowest BCUT2D eigenvalue weighted by Gasteiger charge is -2.18. The molecule has 1 aromatic rings. The van der Waals surface area contributed by atoms with E-state index >= 15 is 0 Å². The van der Waals surface area contributed by atoms with Crippen molar-refractivity contribution in [2.45, 2.75) is 51.6 Å². The van der Waals surface area contributed by atoms with Crippen molar-refractivity contribution in [3.8, 4) is 0 Å². The van der Waals surface area contributed by atoms with Crippen molar-refractivity contribution in [1.29, 1.82) is 0 Å². The third-order valence-corrected chi connectivity index (χ3v) is 3.94. The van der Waals surface area contributed by atoms with Gasteiger partial charge in [0, 0.05) is 6.04 Å². The van der Waals surface area contributed by atoms with E-state index in [2.05, 4.69) is 29.7 Å². The van der Waals surface area contributed by atoms with E-state index in [-0.39, 0.29) is 11.9 Å². The van der Waals surface area contributed by atoms with Crippen LogP contribution in [0.3, 0.4) is 0 Å². The lowest BCUT2D eigenvalue weighted by molar-refractivity contribution is -0.121. The van der Waals surface area contributed by atoms with Gasteiger partial charge in [0.25, 0.3) is 0 Å². The molecule has 0 unspecified atom stereocenters. The third-order valence-electron chi connectivity index (χ3n) is 3.94. The van der Waals surface area contributed by atoms with Crippen LogP contribution in [0.4, 0.5) is 0 Å². The van der Waals surface area contributed by atoms with E-state index in [9.17, 15) is 4.79 Å². The number of amides is 1. The van der Waals surface area contributed by atoms with Gasteiger partial charge in [-0.05, 0) is 37.8 Å². The highest BCUT2D eigenvalue weighted by atomic mass is 16.1. The number of aryl methyl sites for hydroxylation is 1. The van der Waals surface area contributed by atoms with E-state index in [4.69, 9.17) is 0 Å². The lowest BCUT2D eigenvalue weighted by Crippen LogP contribution is -2.39. The average Bonchev–Trinajstić information content (AvgIpc) is 2.90. The van der Waals surface area contributed by atoms with Gasteiger partial charge in [0.05, 0.1) is 12.6 Å². The van der Waals surface area contributed by atoms with Crippen LogP contribution in [-0.4, -0.2) is 18.5 Å². The van der Waals surface area contributed by atoms with Gasteiger partial charge in [0.2, 0.25) is 5.91 Å². The van der Waals surface area contributed by atoms with E-state index in [0.29, 0.717) is 12.6 Å². The van der Waals surface area contributed by atoms with Gasteiger partial charge in [-0.1, -0.05) is 37.1 Å². The number of rotatable bonds is 5. The summed E-state index contributed by atoms with van der Waals surface area (Å²) in [6.45, 7) is 4.55. The monoisotopic (exact) mass is 260 g/mol. The molecule has 0 spiro atoms. The fourth-order valence-electron chi connectivity index (χ4n) is 2.81. The molecule has 1 amide bonds. The standard InChI is InChI=1S/C16H24N2O/c1-12-7-3-6-10-15(12)13(2)18-16(19)11-17-14-8-4-5-9-14/h3,6-7,10,13-14,17H,4-5,8-9,11H2,1-2H3,(H,18,19)/t13-/m1/s1. The Balaban J connectivity index is 1.79. The molecule has 0 radical (unpaired) electrons. The Morgan fingerprint density at radius 3 is 2.68 bits per heavy atom. The second-order valence-electron chi connectivity index (χ2n) is 5.51. The first kappa shape index (κ1) is 14.1. The summed E-state index contributed by atoms with van der Waals surface area (Å²) in [6.07, 6.45) is 5.00. The first-order chi connectivity index (χ1) is 9.16. The highest BCUT2D eigenvalue weighted by molar-refractivity contribution is 5.78. The quantitative estimate of drug-likeness (QED) is 0.854. The average molecular weight is 260 g/mol. The van der Waals surface area contributed by atoms with Gasteiger partial charge >= 0.3 is 0 Å². The Labute approximate surface area is 115 Å². The third kappa shape index (κ3) is 4.06. The molecule has 1 saturated carbocycles. The first-order valence-corrected chi connectivity index (χ1v) is 7.25. The van der Waals surface area contributed by atoms with Crippen LogP contribution in [0.2, 0.25) is 0 Å². The van der Waals surface area contributed by atoms with Crippen LogP contribution in [0.1, 0.15) is 49.8 Å². The summed E-state index contributed by atoms with van der Waals surface area (Å²) in [5.41, 5.74) is 2.41. The van der Waals surface area contributed by atoms with Gasteiger partial charge < -0.3 is 10.6 Å². The second kappa shape index (κ2) is 6.71. The highest BCUT2D eigenvalue weighted by Crippen LogP contribution is 2.18. The highest BCUT2D eigenvalue weighted by Gasteiger charge is 2.16. The molecule has 0 aromatic heterocycles. The molecule has 3 nitrogen and oxygen atoms in total. The summed E-state index contributed by atoms with van der Waals surface area (Å²) in [5, 5.41) is 6.40. The molecule has 1 fully saturated rings. The number of nitrogens with one attached hydrogen (secondary N) is 2. The normalized spacial score (nSPS) is 17.4. The van der Waals surface area contributed by atoms with Crippen LogP contribution in [0.5, 0.6) is 0 Å². The largest absolute Gasteiger partial charge is 0.348 e. The molecule has 104 valence electrons. The van der Waals surface area contributed by atoms with E-state index in [0.717, 1.165) is 0 Å². The minimum Gasteiger partial charge on any atom is -0.348 e. The molecule has 1 atom stereocenters. The summed E-state index contributed by atoms with van der Waals surface area (Å²) in [4.78, 5) is 11.9. The SMILES string of the molecule is Cc1ccccc1[C@@H](C)NC(=O)CNC1CCCC1.